The van der Waals surface area contributed by atoms with Crippen LogP contribution in [0.4, 0.5) is 11.4 Å². The van der Waals surface area contributed by atoms with E-state index < -0.39 is 10.0 Å². The van der Waals surface area contributed by atoms with E-state index in [1.807, 2.05) is 37.3 Å². The third-order valence-electron chi connectivity index (χ3n) is 7.05. The SMILES string of the molecule is Cc1cccc(NS(=O)(=O)c2ccc3c(c2)[C@@H]2C=CC[C@H]2[C@H](c2ccc(C(C)(C)C)cc2)N3)c1. The van der Waals surface area contributed by atoms with Gasteiger partial charge in [-0.25, -0.2) is 8.42 Å². The molecule has 2 aliphatic rings. The minimum Gasteiger partial charge on any atom is -0.378 e. The second kappa shape index (κ2) is 8.31. The van der Waals surface area contributed by atoms with Gasteiger partial charge in [0.2, 0.25) is 0 Å². The van der Waals surface area contributed by atoms with Crippen LogP contribution in [-0.4, -0.2) is 8.42 Å². The first-order chi connectivity index (χ1) is 16.1. The maximum atomic E-state index is 13.1. The van der Waals surface area contributed by atoms with E-state index in [0.717, 1.165) is 23.2 Å². The van der Waals surface area contributed by atoms with Gasteiger partial charge in [-0.1, -0.05) is 69.3 Å². The molecular formula is C29H32N2O2S. The Bertz CT molecular complexity index is 1350. The fraction of sp³-hybridized carbons (Fsp3) is 0.310. The largest absolute Gasteiger partial charge is 0.378 e. The molecule has 34 heavy (non-hydrogen) atoms. The molecule has 0 spiro atoms. The highest BCUT2D eigenvalue weighted by Gasteiger charge is 2.38. The molecule has 5 rings (SSSR count). The van der Waals surface area contributed by atoms with Crippen molar-refractivity contribution in [1.82, 2.24) is 0 Å². The first-order valence-corrected chi connectivity index (χ1v) is 13.4. The number of nitrogens with one attached hydrogen (secondary N) is 2. The lowest BCUT2D eigenvalue weighted by atomic mass is 9.76. The van der Waals surface area contributed by atoms with Crippen LogP contribution in [-0.2, 0) is 15.4 Å². The van der Waals surface area contributed by atoms with Crippen molar-refractivity contribution < 1.29 is 8.42 Å². The highest BCUT2D eigenvalue weighted by atomic mass is 32.2. The summed E-state index contributed by atoms with van der Waals surface area (Å²) in [6, 6.07) is 22.0. The Labute approximate surface area is 203 Å². The van der Waals surface area contributed by atoms with Gasteiger partial charge in [0.1, 0.15) is 0 Å². The van der Waals surface area contributed by atoms with Crippen molar-refractivity contribution in [2.45, 2.75) is 56.4 Å². The molecule has 2 N–H and O–H groups in total. The van der Waals surface area contributed by atoms with Crippen LogP contribution < -0.4 is 10.0 Å². The molecule has 0 amide bonds. The highest BCUT2D eigenvalue weighted by molar-refractivity contribution is 7.92. The molecule has 176 valence electrons. The van der Waals surface area contributed by atoms with Crippen molar-refractivity contribution in [2.24, 2.45) is 5.92 Å². The molecule has 3 aromatic rings. The monoisotopic (exact) mass is 472 g/mol. The third kappa shape index (κ3) is 4.25. The average molecular weight is 473 g/mol. The molecule has 1 heterocycles. The third-order valence-corrected chi connectivity index (χ3v) is 8.43. The van der Waals surface area contributed by atoms with Crippen molar-refractivity contribution in [2.75, 3.05) is 10.0 Å². The molecule has 4 nitrogen and oxygen atoms in total. The molecule has 0 unspecified atom stereocenters. The summed E-state index contributed by atoms with van der Waals surface area (Å²) in [4.78, 5) is 0.293. The van der Waals surface area contributed by atoms with Gasteiger partial charge in [0.25, 0.3) is 10.0 Å². The number of sulfonamides is 1. The molecule has 0 bridgehead atoms. The van der Waals surface area contributed by atoms with E-state index in [9.17, 15) is 8.42 Å². The van der Waals surface area contributed by atoms with Gasteiger partial charge < -0.3 is 5.32 Å². The van der Waals surface area contributed by atoms with Gasteiger partial charge in [-0.2, -0.15) is 0 Å². The van der Waals surface area contributed by atoms with E-state index in [-0.39, 0.29) is 17.4 Å². The van der Waals surface area contributed by atoms with Gasteiger partial charge in [-0.05, 0) is 77.3 Å². The Morgan fingerprint density at radius 2 is 1.74 bits per heavy atom. The van der Waals surface area contributed by atoms with E-state index >= 15 is 0 Å². The Kier molecular flexibility index (Phi) is 5.56. The van der Waals surface area contributed by atoms with Crippen molar-refractivity contribution >= 4 is 21.4 Å². The van der Waals surface area contributed by atoms with Crippen LogP contribution in [0.3, 0.4) is 0 Å². The van der Waals surface area contributed by atoms with Crippen molar-refractivity contribution in [3.05, 3.63) is 101 Å². The maximum Gasteiger partial charge on any atom is 0.261 e. The van der Waals surface area contributed by atoms with E-state index in [4.69, 9.17) is 0 Å². The molecule has 0 radical (unpaired) electrons. The Morgan fingerprint density at radius 3 is 2.44 bits per heavy atom. The van der Waals surface area contributed by atoms with Crippen LogP contribution in [0.5, 0.6) is 0 Å². The van der Waals surface area contributed by atoms with Crippen molar-refractivity contribution in [3.63, 3.8) is 0 Å². The molecule has 0 aromatic heterocycles. The van der Waals surface area contributed by atoms with Crippen molar-refractivity contribution in [1.29, 1.82) is 0 Å². The predicted octanol–water partition coefficient (Wildman–Crippen LogP) is 6.92. The summed E-state index contributed by atoms with van der Waals surface area (Å²) in [5.41, 5.74) is 6.36. The smallest absolute Gasteiger partial charge is 0.261 e. The molecule has 3 aromatic carbocycles. The minimum atomic E-state index is -3.68. The quantitative estimate of drug-likeness (QED) is 0.405. The highest BCUT2D eigenvalue weighted by Crippen LogP contribution is 2.50. The van der Waals surface area contributed by atoms with Crippen molar-refractivity contribution in [3.8, 4) is 0 Å². The van der Waals surface area contributed by atoms with E-state index in [2.05, 4.69) is 67.2 Å². The summed E-state index contributed by atoms with van der Waals surface area (Å²) in [7, 11) is -3.68. The molecule has 0 fully saturated rings. The number of hydrogen-bond acceptors (Lipinski definition) is 3. The summed E-state index contributed by atoms with van der Waals surface area (Å²) in [6.07, 6.45) is 5.45. The summed E-state index contributed by atoms with van der Waals surface area (Å²) in [5.74, 6) is 0.549. The molecule has 5 heteroatoms. The topological polar surface area (TPSA) is 58.2 Å². The van der Waals surface area contributed by atoms with Gasteiger partial charge in [-0.3, -0.25) is 4.72 Å². The Morgan fingerprint density at radius 1 is 0.971 bits per heavy atom. The lowest BCUT2D eigenvalue weighted by Crippen LogP contribution is -2.29. The summed E-state index contributed by atoms with van der Waals surface area (Å²) in [5, 5.41) is 3.72. The second-order valence-electron chi connectivity index (χ2n) is 10.6. The number of allylic oxidation sites excluding steroid dienone is 2. The Balaban J connectivity index is 1.46. The van der Waals surface area contributed by atoms with Crippen LogP contribution in [0.25, 0.3) is 0 Å². The molecule has 1 aliphatic heterocycles. The van der Waals surface area contributed by atoms with Crippen LogP contribution >= 0.6 is 0 Å². The summed E-state index contributed by atoms with van der Waals surface area (Å²) < 4.78 is 29.0. The lowest BCUT2D eigenvalue weighted by Gasteiger charge is -2.38. The maximum absolute atomic E-state index is 13.1. The zero-order valence-corrected chi connectivity index (χ0v) is 21.0. The zero-order chi connectivity index (χ0) is 24.1. The van der Waals surface area contributed by atoms with E-state index in [0.29, 0.717) is 16.5 Å². The van der Waals surface area contributed by atoms with Gasteiger partial charge in [-0.15, -0.1) is 0 Å². The first-order valence-electron chi connectivity index (χ1n) is 11.9. The zero-order valence-electron chi connectivity index (χ0n) is 20.2. The molecular weight excluding hydrogens is 440 g/mol. The summed E-state index contributed by atoms with van der Waals surface area (Å²) in [6.45, 7) is 8.64. The van der Waals surface area contributed by atoms with E-state index in [1.54, 1.807) is 12.1 Å². The number of hydrogen-bond donors (Lipinski definition) is 2. The Hall–Kier alpha value is -3.05. The molecule has 1 aliphatic carbocycles. The van der Waals surface area contributed by atoms with Gasteiger partial charge in [0, 0.05) is 17.3 Å². The second-order valence-corrected chi connectivity index (χ2v) is 12.3. The predicted molar refractivity (Wildman–Crippen MR) is 140 cm³/mol. The number of rotatable bonds is 4. The van der Waals surface area contributed by atoms with Gasteiger partial charge >= 0.3 is 0 Å². The summed E-state index contributed by atoms with van der Waals surface area (Å²) >= 11 is 0. The number of aryl methyl sites for hydroxylation is 1. The van der Waals surface area contributed by atoms with Crippen LogP contribution in [0.1, 0.15) is 61.4 Å². The van der Waals surface area contributed by atoms with Crippen LogP contribution in [0.15, 0.2) is 83.8 Å². The first kappa shape index (κ1) is 22.7. The molecule has 3 atom stereocenters. The van der Waals surface area contributed by atoms with E-state index in [1.165, 1.54) is 11.1 Å². The average Bonchev–Trinajstić information content (AvgIpc) is 3.28. The van der Waals surface area contributed by atoms with Gasteiger partial charge in [0.15, 0.2) is 0 Å². The lowest BCUT2D eigenvalue weighted by molar-refractivity contribution is 0.425. The standard InChI is InChI=1S/C29H32N2O2S/c1-19-7-5-8-22(17-19)31-34(32,33)23-15-16-27-26(18-23)24-9-6-10-25(24)28(30-27)20-11-13-21(14-12-20)29(2,3)4/h5-9,11-18,24-25,28,30-31H,10H2,1-4H3/t24-,25-,28+/m1/s1. The molecule has 0 saturated carbocycles. The minimum absolute atomic E-state index is 0.122. The normalized spacial score (nSPS) is 21.5. The number of anilines is 2. The van der Waals surface area contributed by atoms with Crippen LogP contribution in [0.2, 0.25) is 0 Å². The fourth-order valence-electron chi connectivity index (χ4n) is 5.18. The number of fused-ring (bicyclic) bond motifs is 3. The van der Waals surface area contributed by atoms with Gasteiger partial charge in [0.05, 0.1) is 10.9 Å². The fourth-order valence-corrected chi connectivity index (χ4v) is 6.27. The molecule has 0 saturated heterocycles. The van der Waals surface area contributed by atoms with Crippen LogP contribution in [0, 0.1) is 12.8 Å². The number of benzene rings is 3.